The van der Waals surface area contributed by atoms with Gasteiger partial charge in [-0.2, -0.15) is 4.31 Å². The van der Waals surface area contributed by atoms with Crippen LogP contribution in [0.15, 0.2) is 16.3 Å². The van der Waals surface area contributed by atoms with Crippen LogP contribution in [0.4, 0.5) is 0 Å². The number of sulfonamides is 1. The maximum absolute atomic E-state index is 13.3. The van der Waals surface area contributed by atoms with Crippen molar-refractivity contribution in [2.75, 3.05) is 19.6 Å². The van der Waals surface area contributed by atoms with Crippen LogP contribution in [0.5, 0.6) is 0 Å². The molecule has 2 atom stereocenters. The first-order valence-electron chi connectivity index (χ1n) is 9.97. The molecular formula is C19H28N2O3S2. The number of nitrogens with zero attached hydrogens (tertiary/aromatic N) is 2. The van der Waals surface area contributed by atoms with Crippen molar-refractivity contribution >= 4 is 27.3 Å². The average molecular weight is 397 g/mol. The van der Waals surface area contributed by atoms with Gasteiger partial charge in [-0.1, -0.05) is 19.3 Å². The van der Waals surface area contributed by atoms with E-state index in [1.807, 2.05) is 4.90 Å². The third-order valence-corrected chi connectivity index (χ3v) is 9.23. The molecule has 26 heavy (non-hydrogen) atoms. The Hall–Kier alpha value is -0.920. The van der Waals surface area contributed by atoms with Crippen molar-refractivity contribution < 1.29 is 13.2 Å². The van der Waals surface area contributed by atoms with Crippen molar-refractivity contribution in [1.82, 2.24) is 9.21 Å². The zero-order valence-corrected chi connectivity index (χ0v) is 16.9. The lowest BCUT2D eigenvalue weighted by molar-refractivity contribution is 0.0392. The zero-order chi connectivity index (χ0) is 18.1. The van der Waals surface area contributed by atoms with Gasteiger partial charge in [-0.25, -0.2) is 8.42 Å². The summed E-state index contributed by atoms with van der Waals surface area (Å²) in [6, 6.07) is 1.93. The minimum atomic E-state index is -3.57. The van der Waals surface area contributed by atoms with E-state index in [1.54, 1.807) is 15.8 Å². The number of hydrogen-bond acceptors (Lipinski definition) is 4. The van der Waals surface area contributed by atoms with Gasteiger partial charge in [0.15, 0.2) is 0 Å². The number of fused-ring (bicyclic) bond motifs is 1. The van der Waals surface area contributed by atoms with Crippen LogP contribution in [0.25, 0.3) is 0 Å². The monoisotopic (exact) mass is 396 g/mol. The zero-order valence-electron chi connectivity index (χ0n) is 15.2. The number of amides is 1. The summed E-state index contributed by atoms with van der Waals surface area (Å²) < 4.78 is 27.8. The molecule has 0 N–H and O–H groups in total. The van der Waals surface area contributed by atoms with Gasteiger partial charge < -0.3 is 4.90 Å². The van der Waals surface area contributed by atoms with Crippen LogP contribution < -0.4 is 0 Å². The van der Waals surface area contributed by atoms with E-state index in [2.05, 4.69) is 0 Å². The molecular weight excluding hydrogens is 368 g/mol. The Bertz CT molecular complexity index is 751. The smallest absolute Gasteiger partial charge is 0.265 e. The molecule has 0 bridgehead atoms. The summed E-state index contributed by atoms with van der Waals surface area (Å²) in [5.41, 5.74) is 0. The van der Waals surface area contributed by atoms with Crippen molar-refractivity contribution in [3.8, 4) is 0 Å². The molecule has 0 radical (unpaired) electrons. The highest BCUT2D eigenvalue weighted by atomic mass is 32.2. The van der Waals surface area contributed by atoms with E-state index in [4.69, 9.17) is 0 Å². The lowest BCUT2D eigenvalue weighted by atomic mass is 9.78. The van der Waals surface area contributed by atoms with Crippen molar-refractivity contribution in [2.24, 2.45) is 5.92 Å². The fourth-order valence-corrected chi connectivity index (χ4v) is 7.78. The first-order chi connectivity index (χ1) is 12.6. The third kappa shape index (κ3) is 3.34. The Morgan fingerprint density at radius 3 is 2.50 bits per heavy atom. The molecule has 3 heterocycles. The fourth-order valence-electron chi connectivity index (χ4n) is 4.91. The van der Waals surface area contributed by atoms with E-state index < -0.39 is 10.0 Å². The molecule has 4 rings (SSSR count). The first kappa shape index (κ1) is 18.4. The number of carbonyl (C=O) groups excluding carboxylic acids is 1. The lowest BCUT2D eigenvalue weighted by Crippen LogP contribution is -2.49. The molecule has 1 amide bonds. The predicted octanol–water partition coefficient (Wildman–Crippen LogP) is 3.72. The van der Waals surface area contributed by atoms with Crippen molar-refractivity contribution in [3.63, 3.8) is 0 Å². The second kappa shape index (κ2) is 7.60. The topological polar surface area (TPSA) is 57.7 Å². The minimum Gasteiger partial charge on any atom is -0.335 e. The van der Waals surface area contributed by atoms with Gasteiger partial charge in [-0.3, -0.25) is 4.79 Å². The van der Waals surface area contributed by atoms with Crippen molar-refractivity contribution in [3.05, 3.63) is 16.3 Å². The molecule has 2 saturated heterocycles. The van der Waals surface area contributed by atoms with E-state index in [0.29, 0.717) is 29.9 Å². The summed E-state index contributed by atoms with van der Waals surface area (Å²) in [6.45, 7) is 1.90. The van der Waals surface area contributed by atoms with Gasteiger partial charge in [0.25, 0.3) is 5.91 Å². The molecule has 2 unspecified atom stereocenters. The number of carbonyl (C=O) groups is 1. The minimum absolute atomic E-state index is 0.0628. The Morgan fingerprint density at radius 1 is 0.962 bits per heavy atom. The second-order valence-corrected chi connectivity index (χ2v) is 10.7. The molecule has 144 valence electrons. The molecule has 2 aliphatic heterocycles. The van der Waals surface area contributed by atoms with E-state index in [9.17, 15) is 13.2 Å². The molecule has 1 saturated carbocycles. The number of rotatable bonds is 3. The van der Waals surface area contributed by atoms with Crippen LogP contribution in [0.2, 0.25) is 0 Å². The molecule has 7 heteroatoms. The van der Waals surface area contributed by atoms with E-state index in [0.717, 1.165) is 38.6 Å². The summed E-state index contributed by atoms with van der Waals surface area (Å²) in [5.74, 6) is 0.538. The number of hydrogen-bond donors (Lipinski definition) is 0. The standard InChI is InChI=1S/C19H28N2O3S2/c22-19(21-13-6-8-15-7-2-3-9-16(15)21)18-17(10-14-25-18)26(23,24)20-11-4-1-5-12-20/h10,14-16H,1-9,11-13H2. The van der Waals surface area contributed by atoms with Crippen LogP contribution in [0.3, 0.4) is 0 Å². The van der Waals surface area contributed by atoms with Gasteiger partial charge in [0, 0.05) is 25.7 Å². The van der Waals surface area contributed by atoms with E-state index in [1.165, 1.54) is 37.0 Å². The Labute approximate surface area is 160 Å². The van der Waals surface area contributed by atoms with Crippen LogP contribution in [-0.4, -0.2) is 49.2 Å². The summed E-state index contributed by atoms with van der Waals surface area (Å²) >= 11 is 1.28. The van der Waals surface area contributed by atoms with Gasteiger partial charge in [0.2, 0.25) is 10.0 Å². The highest BCUT2D eigenvalue weighted by Crippen LogP contribution is 2.37. The van der Waals surface area contributed by atoms with Gasteiger partial charge in [0.1, 0.15) is 9.77 Å². The third-order valence-electron chi connectivity index (χ3n) is 6.26. The van der Waals surface area contributed by atoms with E-state index >= 15 is 0 Å². The van der Waals surface area contributed by atoms with Gasteiger partial charge in [-0.05, 0) is 55.9 Å². The summed E-state index contributed by atoms with van der Waals surface area (Å²) in [5, 5.41) is 1.76. The molecule has 1 aliphatic carbocycles. The molecule has 5 nitrogen and oxygen atoms in total. The largest absolute Gasteiger partial charge is 0.335 e. The summed E-state index contributed by atoms with van der Waals surface area (Å²) in [7, 11) is -3.57. The lowest BCUT2D eigenvalue weighted by Gasteiger charge is -2.44. The maximum atomic E-state index is 13.3. The summed E-state index contributed by atoms with van der Waals surface area (Å²) in [6.07, 6.45) is 9.84. The Balaban J connectivity index is 1.60. The predicted molar refractivity (Wildman–Crippen MR) is 103 cm³/mol. The Kier molecular flexibility index (Phi) is 5.39. The molecule has 1 aromatic heterocycles. The van der Waals surface area contributed by atoms with Crippen LogP contribution in [0, 0.1) is 5.92 Å². The quantitative estimate of drug-likeness (QED) is 0.782. The van der Waals surface area contributed by atoms with Crippen LogP contribution >= 0.6 is 11.3 Å². The maximum Gasteiger partial charge on any atom is 0.265 e. The van der Waals surface area contributed by atoms with Gasteiger partial charge >= 0.3 is 0 Å². The van der Waals surface area contributed by atoms with Crippen LogP contribution in [-0.2, 0) is 10.0 Å². The average Bonchev–Trinajstić information content (AvgIpc) is 3.18. The highest BCUT2D eigenvalue weighted by molar-refractivity contribution is 7.89. The van der Waals surface area contributed by atoms with E-state index in [-0.39, 0.29) is 10.8 Å². The molecule has 3 fully saturated rings. The Morgan fingerprint density at radius 2 is 1.69 bits per heavy atom. The molecule has 0 spiro atoms. The number of thiophene rings is 1. The fraction of sp³-hybridized carbons (Fsp3) is 0.737. The molecule has 1 aromatic rings. The number of piperidine rings is 2. The van der Waals surface area contributed by atoms with Gasteiger partial charge in [-0.15, -0.1) is 11.3 Å². The first-order valence-corrected chi connectivity index (χ1v) is 12.3. The SMILES string of the molecule is O=C(c1sccc1S(=O)(=O)N1CCCCC1)N1CCCC2CCCCC21. The van der Waals surface area contributed by atoms with Crippen molar-refractivity contribution in [1.29, 1.82) is 0 Å². The molecule has 0 aromatic carbocycles. The molecule has 3 aliphatic rings. The summed E-state index contributed by atoms with van der Waals surface area (Å²) in [4.78, 5) is 16.0. The normalized spacial score (nSPS) is 27.9. The van der Waals surface area contributed by atoms with Gasteiger partial charge in [0.05, 0.1) is 0 Å². The second-order valence-electron chi connectivity index (χ2n) is 7.83. The van der Waals surface area contributed by atoms with Crippen molar-refractivity contribution in [2.45, 2.75) is 68.7 Å². The number of likely N-dealkylation sites (tertiary alicyclic amines) is 1. The van der Waals surface area contributed by atoms with Crippen LogP contribution in [0.1, 0.15) is 67.5 Å². The highest BCUT2D eigenvalue weighted by Gasteiger charge is 2.39.